The molecule has 0 aromatic carbocycles. The van der Waals surface area contributed by atoms with Crippen LogP contribution < -0.4 is 11.3 Å². The molecule has 0 bridgehead atoms. The topological polar surface area (TPSA) is 88.2 Å². The molecule has 4 N–H and O–H groups in total. The van der Waals surface area contributed by atoms with Crippen molar-refractivity contribution >= 4 is 17.7 Å². The van der Waals surface area contributed by atoms with Crippen molar-refractivity contribution in [1.82, 2.24) is 10.4 Å². The lowest BCUT2D eigenvalue weighted by Gasteiger charge is -2.02. The molecule has 1 rings (SSSR count). The average molecular weight is 241 g/mol. The van der Waals surface area contributed by atoms with Crippen LogP contribution in [0, 0.1) is 0 Å². The Hall–Kier alpha value is -1.11. The van der Waals surface area contributed by atoms with Crippen molar-refractivity contribution in [1.29, 1.82) is 0 Å². The van der Waals surface area contributed by atoms with Crippen LogP contribution in [-0.2, 0) is 5.75 Å². The van der Waals surface area contributed by atoms with Crippen molar-refractivity contribution in [3.8, 4) is 0 Å². The molecule has 1 heterocycles. The van der Waals surface area contributed by atoms with Gasteiger partial charge >= 0.3 is 0 Å². The van der Waals surface area contributed by atoms with E-state index in [4.69, 9.17) is 10.9 Å². The fraction of sp³-hybridized carbons (Fsp3) is 0.400. The van der Waals surface area contributed by atoms with Gasteiger partial charge in [-0.1, -0.05) is 0 Å². The third-order valence-electron chi connectivity index (χ3n) is 1.91. The number of rotatable bonds is 6. The van der Waals surface area contributed by atoms with Crippen LogP contribution in [0.1, 0.15) is 22.5 Å². The number of nitrogens with one attached hydrogen (secondary N) is 1. The summed E-state index contributed by atoms with van der Waals surface area (Å²) in [5.41, 5.74) is 3.41. The highest BCUT2D eigenvalue weighted by atomic mass is 32.2. The van der Waals surface area contributed by atoms with E-state index in [-0.39, 0.29) is 12.5 Å². The smallest absolute Gasteiger partial charge is 0.266 e. The van der Waals surface area contributed by atoms with Crippen LogP contribution in [0.25, 0.3) is 0 Å². The van der Waals surface area contributed by atoms with E-state index in [0.29, 0.717) is 5.56 Å². The molecule has 1 aromatic rings. The lowest BCUT2D eigenvalue weighted by atomic mass is 10.2. The molecule has 0 spiro atoms. The van der Waals surface area contributed by atoms with Gasteiger partial charge in [0.2, 0.25) is 0 Å². The van der Waals surface area contributed by atoms with Gasteiger partial charge in [0, 0.05) is 18.6 Å². The molecule has 0 atom stereocenters. The van der Waals surface area contributed by atoms with Gasteiger partial charge in [-0.05, 0) is 24.3 Å². The Morgan fingerprint density at radius 2 is 2.38 bits per heavy atom. The van der Waals surface area contributed by atoms with Crippen molar-refractivity contribution < 1.29 is 9.90 Å². The molecule has 0 saturated carbocycles. The molecular formula is C10H15N3O2S. The number of carbonyl (C=O) groups excluding carboxylic acids is 1. The summed E-state index contributed by atoms with van der Waals surface area (Å²) >= 11 is 1.70. The molecule has 0 fully saturated rings. The van der Waals surface area contributed by atoms with Gasteiger partial charge in [0.05, 0.1) is 11.3 Å². The Morgan fingerprint density at radius 3 is 2.94 bits per heavy atom. The Labute approximate surface area is 98.4 Å². The molecule has 6 heteroatoms. The molecule has 0 aliphatic heterocycles. The molecule has 16 heavy (non-hydrogen) atoms. The van der Waals surface area contributed by atoms with Crippen molar-refractivity contribution in [3.05, 3.63) is 29.6 Å². The van der Waals surface area contributed by atoms with Crippen LogP contribution in [0.15, 0.2) is 18.3 Å². The van der Waals surface area contributed by atoms with E-state index in [9.17, 15) is 4.79 Å². The summed E-state index contributed by atoms with van der Waals surface area (Å²) in [7, 11) is 0. The third-order valence-corrected chi connectivity index (χ3v) is 2.99. The minimum Gasteiger partial charge on any atom is -0.396 e. The van der Waals surface area contributed by atoms with Gasteiger partial charge in [0.25, 0.3) is 5.91 Å². The molecule has 5 nitrogen and oxygen atoms in total. The van der Waals surface area contributed by atoms with E-state index in [1.807, 2.05) is 5.43 Å². The lowest BCUT2D eigenvalue weighted by Crippen LogP contribution is -2.30. The fourth-order valence-corrected chi connectivity index (χ4v) is 1.93. The monoisotopic (exact) mass is 241 g/mol. The summed E-state index contributed by atoms with van der Waals surface area (Å²) in [6, 6.07) is 3.49. The quantitative estimate of drug-likeness (QED) is 0.288. The van der Waals surface area contributed by atoms with E-state index in [1.165, 1.54) is 6.20 Å². The number of aromatic nitrogens is 1. The second-order valence-electron chi connectivity index (χ2n) is 3.14. The third kappa shape index (κ3) is 4.18. The number of nitrogens with zero attached hydrogens (tertiary/aromatic N) is 1. The molecule has 1 amide bonds. The number of hydrogen-bond donors (Lipinski definition) is 3. The van der Waals surface area contributed by atoms with Crippen molar-refractivity contribution in [2.45, 2.75) is 12.2 Å². The minimum absolute atomic E-state index is 0.218. The zero-order valence-corrected chi connectivity index (χ0v) is 9.67. The van der Waals surface area contributed by atoms with Gasteiger partial charge in [-0.15, -0.1) is 0 Å². The maximum atomic E-state index is 11.1. The first kappa shape index (κ1) is 13.0. The minimum atomic E-state index is -0.341. The van der Waals surface area contributed by atoms with E-state index >= 15 is 0 Å². The van der Waals surface area contributed by atoms with Crippen molar-refractivity contribution in [2.24, 2.45) is 5.84 Å². The number of thioether (sulfide) groups is 1. The molecule has 0 unspecified atom stereocenters. The van der Waals surface area contributed by atoms with Crippen molar-refractivity contribution in [2.75, 3.05) is 12.4 Å². The number of hydrogen-bond acceptors (Lipinski definition) is 5. The summed E-state index contributed by atoms with van der Waals surface area (Å²) in [6.07, 6.45) is 2.29. The predicted molar refractivity (Wildman–Crippen MR) is 63.8 cm³/mol. The Kier molecular flexibility index (Phi) is 5.84. The summed E-state index contributed by atoms with van der Waals surface area (Å²) in [6.45, 7) is 0.218. The van der Waals surface area contributed by atoms with Gasteiger partial charge in [-0.2, -0.15) is 11.8 Å². The van der Waals surface area contributed by atoms with Crippen LogP contribution in [0.5, 0.6) is 0 Å². The molecule has 1 aromatic heterocycles. The van der Waals surface area contributed by atoms with E-state index in [2.05, 4.69) is 4.98 Å². The van der Waals surface area contributed by atoms with E-state index in [0.717, 1.165) is 23.6 Å². The fourth-order valence-electron chi connectivity index (χ4n) is 1.07. The maximum Gasteiger partial charge on any atom is 0.266 e. The highest BCUT2D eigenvalue weighted by molar-refractivity contribution is 7.98. The second-order valence-corrected chi connectivity index (χ2v) is 4.25. The largest absolute Gasteiger partial charge is 0.396 e. The Morgan fingerprint density at radius 1 is 1.56 bits per heavy atom. The number of carbonyl (C=O) groups is 1. The van der Waals surface area contributed by atoms with E-state index in [1.54, 1.807) is 23.9 Å². The molecule has 0 radical (unpaired) electrons. The summed E-state index contributed by atoms with van der Waals surface area (Å²) in [5.74, 6) is 6.35. The molecule has 88 valence electrons. The molecule has 0 aliphatic carbocycles. The SMILES string of the molecule is NNC(=O)c1ccc(CSCCCO)nc1. The van der Waals surface area contributed by atoms with Gasteiger partial charge < -0.3 is 5.11 Å². The van der Waals surface area contributed by atoms with Gasteiger partial charge in [-0.25, -0.2) is 5.84 Å². The summed E-state index contributed by atoms with van der Waals surface area (Å²) in [4.78, 5) is 15.3. The van der Waals surface area contributed by atoms with Crippen LogP contribution in [0.3, 0.4) is 0 Å². The highest BCUT2D eigenvalue weighted by Crippen LogP contribution is 2.11. The maximum absolute atomic E-state index is 11.1. The number of hydrazine groups is 1. The Bertz CT molecular complexity index is 329. The zero-order valence-electron chi connectivity index (χ0n) is 8.85. The zero-order chi connectivity index (χ0) is 11.8. The van der Waals surface area contributed by atoms with Crippen LogP contribution >= 0.6 is 11.8 Å². The first-order valence-electron chi connectivity index (χ1n) is 4.92. The van der Waals surface area contributed by atoms with Gasteiger partial charge in [0.1, 0.15) is 0 Å². The van der Waals surface area contributed by atoms with Gasteiger partial charge in [-0.3, -0.25) is 15.2 Å². The van der Waals surface area contributed by atoms with Gasteiger partial charge in [0.15, 0.2) is 0 Å². The second kappa shape index (κ2) is 7.21. The highest BCUT2D eigenvalue weighted by Gasteiger charge is 2.03. The number of pyridine rings is 1. The summed E-state index contributed by atoms with van der Waals surface area (Å²) in [5, 5.41) is 8.60. The molecule has 0 saturated heterocycles. The lowest BCUT2D eigenvalue weighted by molar-refractivity contribution is 0.0953. The number of amides is 1. The molecule has 0 aliphatic rings. The van der Waals surface area contributed by atoms with Crippen LogP contribution in [-0.4, -0.2) is 28.4 Å². The molecular weight excluding hydrogens is 226 g/mol. The first-order chi connectivity index (χ1) is 7.77. The predicted octanol–water partition coefficient (Wildman–Crippen LogP) is 0.301. The van der Waals surface area contributed by atoms with Crippen LogP contribution in [0.2, 0.25) is 0 Å². The number of nitrogens with two attached hydrogens (primary N) is 1. The number of nitrogen functional groups attached to an aromatic ring is 1. The number of aliphatic hydroxyl groups excluding tert-OH is 1. The first-order valence-corrected chi connectivity index (χ1v) is 6.08. The normalized spacial score (nSPS) is 10.1. The van der Waals surface area contributed by atoms with Crippen molar-refractivity contribution in [3.63, 3.8) is 0 Å². The van der Waals surface area contributed by atoms with E-state index < -0.39 is 0 Å². The standard InChI is InChI=1S/C10H15N3O2S/c11-13-10(15)8-2-3-9(12-6-8)7-16-5-1-4-14/h2-3,6,14H,1,4-5,7,11H2,(H,13,15). The van der Waals surface area contributed by atoms with Crippen LogP contribution in [0.4, 0.5) is 0 Å². The Balaban J connectivity index is 2.42. The summed E-state index contributed by atoms with van der Waals surface area (Å²) < 4.78 is 0. The average Bonchev–Trinajstić information content (AvgIpc) is 2.34. The number of aliphatic hydroxyl groups is 1.